The third-order valence-corrected chi connectivity index (χ3v) is 5.50. The van der Waals surface area contributed by atoms with Gasteiger partial charge in [0.15, 0.2) is 5.96 Å². The van der Waals surface area contributed by atoms with Crippen LogP contribution in [0.3, 0.4) is 0 Å². The van der Waals surface area contributed by atoms with Crippen LogP contribution in [0.2, 0.25) is 0 Å². The summed E-state index contributed by atoms with van der Waals surface area (Å²) in [5.41, 5.74) is 3.84. The lowest BCUT2D eigenvalue weighted by atomic mass is 10.1. The average Bonchev–Trinajstić information content (AvgIpc) is 3.02. The summed E-state index contributed by atoms with van der Waals surface area (Å²) < 4.78 is 0. The second-order valence-electron chi connectivity index (χ2n) is 7.64. The number of fused-ring (bicyclic) bond motifs is 1. The van der Waals surface area contributed by atoms with Gasteiger partial charge < -0.3 is 25.6 Å². The monoisotopic (exact) mass is 513 g/mol. The number of aromatic nitrogens is 1. The number of rotatable bonds is 8. The maximum Gasteiger partial charge on any atom is 0.191 e. The molecule has 0 amide bonds. The highest BCUT2D eigenvalue weighted by molar-refractivity contribution is 14.0. The van der Waals surface area contributed by atoms with Crippen molar-refractivity contribution >= 4 is 40.8 Å². The number of hydrogen-bond acceptors (Lipinski definition) is 3. The van der Waals surface area contributed by atoms with Gasteiger partial charge in [-0.25, -0.2) is 0 Å². The Morgan fingerprint density at radius 2 is 2.00 bits per heavy atom. The Balaban J connectivity index is 0.00000300. The molecule has 0 aliphatic carbocycles. The number of aryl methyl sites for hydroxylation is 1. The van der Waals surface area contributed by atoms with Crippen LogP contribution in [0.25, 0.3) is 10.9 Å². The van der Waals surface area contributed by atoms with E-state index in [9.17, 15) is 5.11 Å². The lowest BCUT2D eigenvalue weighted by Gasteiger charge is -2.29. The van der Waals surface area contributed by atoms with Crippen molar-refractivity contribution in [1.29, 1.82) is 0 Å². The zero-order valence-electron chi connectivity index (χ0n) is 17.7. The van der Waals surface area contributed by atoms with Crippen LogP contribution in [-0.4, -0.2) is 66.3 Å². The standard InChI is InChI=1S/C22H35N5O.HI/c1-3-23-22(24-12-6-14-27-15-10-18(28)11-16-27)25-13-9-19-17(2)26-21-8-5-4-7-20(19)21;/h4-5,7-8,18,26,28H,3,6,9-16H2,1-2H3,(H2,23,24,25);1H. The number of aliphatic hydroxyl groups excluding tert-OH is 1. The predicted octanol–water partition coefficient (Wildman–Crippen LogP) is 3.04. The number of halogens is 1. The lowest BCUT2D eigenvalue weighted by molar-refractivity contribution is 0.0824. The summed E-state index contributed by atoms with van der Waals surface area (Å²) in [6, 6.07) is 8.49. The SMILES string of the molecule is CCNC(=NCCCN1CCC(O)CC1)NCCc1c(C)[nH]c2ccccc12.I. The summed E-state index contributed by atoms with van der Waals surface area (Å²) in [7, 11) is 0. The number of para-hydroxylation sites is 1. The van der Waals surface area contributed by atoms with Gasteiger partial charge in [-0.1, -0.05) is 18.2 Å². The van der Waals surface area contributed by atoms with Crippen molar-refractivity contribution in [2.24, 2.45) is 4.99 Å². The Bertz CT molecular complexity index is 768. The summed E-state index contributed by atoms with van der Waals surface area (Å²) in [5, 5.41) is 17.7. The normalized spacial score (nSPS) is 16.0. The average molecular weight is 513 g/mol. The highest BCUT2D eigenvalue weighted by Gasteiger charge is 2.16. The van der Waals surface area contributed by atoms with E-state index in [1.807, 2.05) is 0 Å². The van der Waals surface area contributed by atoms with Crippen molar-refractivity contribution in [3.8, 4) is 0 Å². The predicted molar refractivity (Wildman–Crippen MR) is 132 cm³/mol. The van der Waals surface area contributed by atoms with Crippen LogP contribution < -0.4 is 10.6 Å². The molecule has 1 fully saturated rings. The van der Waals surface area contributed by atoms with E-state index in [2.05, 4.69) is 58.6 Å². The van der Waals surface area contributed by atoms with Crippen LogP contribution in [0, 0.1) is 6.92 Å². The van der Waals surface area contributed by atoms with Crippen LogP contribution in [0.5, 0.6) is 0 Å². The minimum atomic E-state index is -0.0976. The van der Waals surface area contributed by atoms with Crippen LogP contribution in [0.1, 0.15) is 37.4 Å². The number of piperidine rings is 1. The Morgan fingerprint density at radius 1 is 1.24 bits per heavy atom. The first kappa shape index (κ1) is 24.0. The second kappa shape index (κ2) is 12.4. The fourth-order valence-corrected chi connectivity index (χ4v) is 3.93. The van der Waals surface area contributed by atoms with Gasteiger partial charge in [0.2, 0.25) is 0 Å². The van der Waals surface area contributed by atoms with Crippen LogP contribution in [-0.2, 0) is 6.42 Å². The number of aliphatic imine (C=N–C) groups is 1. The lowest BCUT2D eigenvalue weighted by Crippen LogP contribution is -2.39. The Kier molecular flexibility index (Phi) is 10.2. The third-order valence-electron chi connectivity index (χ3n) is 5.50. The number of likely N-dealkylation sites (tertiary alicyclic amines) is 1. The fraction of sp³-hybridized carbons (Fsp3) is 0.591. The molecule has 0 unspecified atom stereocenters. The molecule has 0 radical (unpaired) electrons. The molecule has 1 aromatic heterocycles. The van der Waals surface area contributed by atoms with Crippen LogP contribution >= 0.6 is 24.0 Å². The van der Waals surface area contributed by atoms with Crippen molar-refractivity contribution in [2.75, 3.05) is 39.3 Å². The van der Waals surface area contributed by atoms with Gasteiger partial charge in [0.05, 0.1) is 6.10 Å². The molecule has 6 nitrogen and oxygen atoms in total. The molecule has 162 valence electrons. The Hall–Kier alpha value is -1.32. The number of hydrogen-bond donors (Lipinski definition) is 4. The van der Waals surface area contributed by atoms with Crippen molar-refractivity contribution < 1.29 is 5.11 Å². The van der Waals surface area contributed by atoms with Gasteiger partial charge in [-0.3, -0.25) is 4.99 Å². The van der Waals surface area contributed by atoms with E-state index in [0.29, 0.717) is 0 Å². The summed E-state index contributed by atoms with van der Waals surface area (Å²) in [6.45, 7) is 9.86. The largest absolute Gasteiger partial charge is 0.393 e. The molecule has 2 heterocycles. The molecule has 0 bridgehead atoms. The zero-order chi connectivity index (χ0) is 19.8. The van der Waals surface area contributed by atoms with Gasteiger partial charge in [-0.05, 0) is 57.7 Å². The number of aliphatic hydroxyl groups is 1. The van der Waals surface area contributed by atoms with E-state index in [1.165, 1.54) is 22.2 Å². The Labute approximate surface area is 191 Å². The molecule has 3 rings (SSSR count). The van der Waals surface area contributed by atoms with Crippen molar-refractivity contribution in [3.63, 3.8) is 0 Å². The first-order valence-corrected chi connectivity index (χ1v) is 10.7. The molecule has 1 saturated heterocycles. The van der Waals surface area contributed by atoms with Crippen LogP contribution in [0.4, 0.5) is 0 Å². The quantitative estimate of drug-likeness (QED) is 0.190. The fourth-order valence-electron chi connectivity index (χ4n) is 3.93. The maximum atomic E-state index is 9.59. The summed E-state index contributed by atoms with van der Waals surface area (Å²) in [5.74, 6) is 0.897. The van der Waals surface area contributed by atoms with E-state index in [-0.39, 0.29) is 30.1 Å². The molecule has 0 atom stereocenters. The highest BCUT2D eigenvalue weighted by atomic mass is 127. The molecule has 0 spiro atoms. The van der Waals surface area contributed by atoms with Gasteiger partial charge >= 0.3 is 0 Å². The molecular formula is C22H36IN5O. The number of nitrogens with zero attached hydrogens (tertiary/aromatic N) is 2. The minimum absolute atomic E-state index is 0. The number of H-pyrrole nitrogens is 1. The molecule has 7 heteroatoms. The first-order valence-electron chi connectivity index (χ1n) is 10.7. The smallest absolute Gasteiger partial charge is 0.191 e. The number of aromatic amines is 1. The molecule has 2 aromatic rings. The number of benzene rings is 1. The minimum Gasteiger partial charge on any atom is -0.393 e. The second-order valence-corrected chi connectivity index (χ2v) is 7.64. The summed E-state index contributed by atoms with van der Waals surface area (Å²) in [4.78, 5) is 10.6. The van der Waals surface area contributed by atoms with Gasteiger partial charge in [0.1, 0.15) is 0 Å². The van der Waals surface area contributed by atoms with E-state index >= 15 is 0 Å². The third kappa shape index (κ3) is 7.15. The summed E-state index contributed by atoms with van der Waals surface area (Å²) in [6.07, 6.45) is 3.73. The zero-order valence-corrected chi connectivity index (χ0v) is 20.0. The molecular weight excluding hydrogens is 477 g/mol. The Morgan fingerprint density at radius 3 is 2.76 bits per heavy atom. The maximum absolute atomic E-state index is 9.59. The molecule has 1 aliphatic heterocycles. The van der Waals surface area contributed by atoms with Crippen molar-refractivity contribution in [1.82, 2.24) is 20.5 Å². The molecule has 4 N–H and O–H groups in total. The number of nitrogens with one attached hydrogen (secondary N) is 3. The molecule has 1 aliphatic rings. The van der Waals surface area contributed by atoms with E-state index in [0.717, 1.165) is 70.9 Å². The van der Waals surface area contributed by atoms with Crippen molar-refractivity contribution in [3.05, 3.63) is 35.5 Å². The van der Waals surface area contributed by atoms with E-state index < -0.39 is 0 Å². The van der Waals surface area contributed by atoms with Gasteiger partial charge in [-0.2, -0.15) is 0 Å². The summed E-state index contributed by atoms with van der Waals surface area (Å²) >= 11 is 0. The molecule has 29 heavy (non-hydrogen) atoms. The molecule has 0 saturated carbocycles. The highest BCUT2D eigenvalue weighted by Crippen LogP contribution is 2.21. The molecule has 1 aromatic carbocycles. The topological polar surface area (TPSA) is 75.7 Å². The van der Waals surface area contributed by atoms with Gasteiger partial charge in [0, 0.05) is 49.3 Å². The number of guanidine groups is 1. The van der Waals surface area contributed by atoms with E-state index in [1.54, 1.807) is 0 Å². The van der Waals surface area contributed by atoms with Gasteiger partial charge in [-0.15, -0.1) is 24.0 Å². The van der Waals surface area contributed by atoms with E-state index in [4.69, 9.17) is 4.99 Å². The van der Waals surface area contributed by atoms with Gasteiger partial charge in [0.25, 0.3) is 0 Å². The first-order chi connectivity index (χ1) is 13.7. The van der Waals surface area contributed by atoms with Crippen LogP contribution in [0.15, 0.2) is 29.3 Å². The van der Waals surface area contributed by atoms with Crippen molar-refractivity contribution in [2.45, 2.75) is 45.6 Å².